The summed E-state index contributed by atoms with van der Waals surface area (Å²) >= 11 is 7.39. The van der Waals surface area contributed by atoms with Crippen LogP contribution >= 0.6 is 23.4 Å². The Kier molecular flexibility index (Phi) is 6.10. The first kappa shape index (κ1) is 21.6. The topological polar surface area (TPSA) is 101 Å². The zero-order valence-corrected chi connectivity index (χ0v) is 18.8. The minimum Gasteiger partial charge on any atom is -0.419 e. The average Bonchev–Trinajstić information content (AvgIpc) is 3.36. The Bertz CT molecular complexity index is 1290. The summed E-state index contributed by atoms with van der Waals surface area (Å²) in [5, 5.41) is 15.9. The van der Waals surface area contributed by atoms with Crippen LogP contribution in [0.3, 0.4) is 0 Å². The van der Waals surface area contributed by atoms with Crippen molar-refractivity contribution < 1.29 is 13.6 Å². The van der Waals surface area contributed by atoms with Gasteiger partial charge in [-0.15, -0.1) is 15.3 Å². The maximum absolute atomic E-state index is 14.0. The largest absolute Gasteiger partial charge is 0.419 e. The molecule has 1 N–H and O–H groups in total. The molecule has 5 rings (SSSR count). The molecule has 168 valence electrons. The van der Waals surface area contributed by atoms with E-state index < -0.39 is 5.82 Å². The third kappa shape index (κ3) is 4.91. The second-order valence-corrected chi connectivity index (χ2v) is 8.82. The van der Waals surface area contributed by atoms with Crippen molar-refractivity contribution >= 4 is 29.3 Å². The zero-order chi connectivity index (χ0) is 22.8. The summed E-state index contributed by atoms with van der Waals surface area (Å²) in [5.41, 5.74) is 0.974. The highest BCUT2D eigenvalue weighted by Crippen LogP contribution is 2.31. The summed E-state index contributed by atoms with van der Waals surface area (Å²) in [4.78, 5) is 19.0. The van der Waals surface area contributed by atoms with Crippen LogP contribution in [0, 0.1) is 5.82 Å². The van der Waals surface area contributed by atoms with Crippen LogP contribution in [-0.4, -0.2) is 48.0 Å². The Morgan fingerprint density at radius 1 is 1.15 bits per heavy atom. The number of aromatic nitrogens is 5. The molecule has 1 amide bonds. The number of H-pyrrole nitrogens is 1. The van der Waals surface area contributed by atoms with Crippen molar-refractivity contribution in [1.82, 2.24) is 30.3 Å². The fraction of sp³-hybridized carbons (Fsp3) is 0.227. The van der Waals surface area contributed by atoms with Gasteiger partial charge >= 0.3 is 0 Å². The van der Waals surface area contributed by atoms with E-state index in [2.05, 4.69) is 25.4 Å². The van der Waals surface area contributed by atoms with E-state index in [4.69, 9.17) is 16.0 Å². The summed E-state index contributed by atoms with van der Waals surface area (Å²) in [6.07, 6.45) is 1.86. The minimum absolute atomic E-state index is 0.0859. The molecule has 0 atom stereocenters. The van der Waals surface area contributed by atoms with Gasteiger partial charge in [0.1, 0.15) is 5.82 Å². The highest BCUT2D eigenvalue weighted by molar-refractivity contribution is 7.99. The van der Waals surface area contributed by atoms with Gasteiger partial charge in [0.25, 0.3) is 0 Å². The van der Waals surface area contributed by atoms with E-state index in [1.165, 1.54) is 17.8 Å². The molecule has 1 aliphatic rings. The summed E-state index contributed by atoms with van der Waals surface area (Å²) in [5.74, 6) is 0.634. The summed E-state index contributed by atoms with van der Waals surface area (Å²) in [7, 11) is 0. The molecule has 2 heterocycles. The number of thioether (sulfide) groups is 1. The molecular formula is C22H18ClFN6O2S. The van der Waals surface area contributed by atoms with Gasteiger partial charge in [0.05, 0.1) is 28.4 Å². The number of rotatable bonds is 8. The normalized spacial score (nSPS) is 13.3. The molecule has 0 aliphatic heterocycles. The van der Waals surface area contributed by atoms with E-state index in [1.807, 2.05) is 12.1 Å². The molecular weight excluding hydrogens is 467 g/mol. The number of nitrogens with zero attached hydrogens (tertiary/aromatic N) is 5. The standard InChI is InChI=1S/C22H18ClFN6O2S/c23-16-7-3-1-5-14(16)21-28-26-18(32-21)11-30(13-9-10-13)19(31)12-33-22-25-20(27-29-22)15-6-2-4-8-17(15)24/h1-8,13H,9-12H2,(H,25,27,29). The van der Waals surface area contributed by atoms with Gasteiger partial charge in [-0.25, -0.2) is 9.37 Å². The molecule has 0 saturated heterocycles. The summed E-state index contributed by atoms with van der Waals surface area (Å²) in [6, 6.07) is 13.7. The van der Waals surface area contributed by atoms with Gasteiger partial charge in [-0.1, -0.05) is 47.6 Å². The summed E-state index contributed by atoms with van der Waals surface area (Å²) < 4.78 is 19.7. The summed E-state index contributed by atoms with van der Waals surface area (Å²) in [6.45, 7) is 0.218. The lowest BCUT2D eigenvalue weighted by Crippen LogP contribution is -2.34. The maximum atomic E-state index is 14.0. The van der Waals surface area contributed by atoms with Crippen LogP contribution in [0.5, 0.6) is 0 Å². The Hall–Kier alpha value is -3.24. The van der Waals surface area contributed by atoms with Gasteiger partial charge in [0, 0.05) is 6.04 Å². The van der Waals surface area contributed by atoms with Crippen molar-refractivity contribution in [2.75, 3.05) is 5.75 Å². The second-order valence-electron chi connectivity index (χ2n) is 7.47. The molecule has 2 aromatic carbocycles. The van der Waals surface area contributed by atoms with Crippen LogP contribution < -0.4 is 0 Å². The molecule has 8 nitrogen and oxygen atoms in total. The van der Waals surface area contributed by atoms with Gasteiger partial charge in [-0.2, -0.15) is 0 Å². The third-order valence-corrected chi connectivity index (χ3v) is 6.26. The van der Waals surface area contributed by atoms with E-state index >= 15 is 0 Å². The molecule has 1 aliphatic carbocycles. The van der Waals surface area contributed by atoms with E-state index in [0.717, 1.165) is 12.8 Å². The van der Waals surface area contributed by atoms with E-state index in [1.54, 1.807) is 35.2 Å². The van der Waals surface area contributed by atoms with Crippen LogP contribution in [0.2, 0.25) is 5.02 Å². The second kappa shape index (κ2) is 9.32. The van der Waals surface area contributed by atoms with Crippen molar-refractivity contribution in [2.45, 2.75) is 30.6 Å². The Balaban J connectivity index is 1.23. The molecule has 11 heteroatoms. The third-order valence-electron chi connectivity index (χ3n) is 5.10. The lowest BCUT2D eigenvalue weighted by atomic mass is 10.2. The van der Waals surface area contributed by atoms with Crippen molar-refractivity contribution in [3.63, 3.8) is 0 Å². The number of aromatic amines is 1. The smallest absolute Gasteiger partial charge is 0.249 e. The lowest BCUT2D eigenvalue weighted by Gasteiger charge is -2.19. The molecule has 0 radical (unpaired) electrons. The van der Waals surface area contributed by atoms with Gasteiger partial charge in [0.15, 0.2) is 5.82 Å². The van der Waals surface area contributed by atoms with E-state index in [9.17, 15) is 9.18 Å². The first-order valence-corrected chi connectivity index (χ1v) is 11.6. The minimum atomic E-state index is -0.392. The number of benzene rings is 2. The fourth-order valence-electron chi connectivity index (χ4n) is 3.31. The zero-order valence-electron chi connectivity index (χ0n) is 17.2. The number of hydrogen-bond donors (Lipinski definition) is 1. The molecule has 0 spiro atoms. The molecule has 2 aromatic heterocycles. The van der Waals surface area contributed by atoms with Crippen molar-refractivity contribution in [3.05, 3.63) is 65.3 Å². The SMILES string of the molecule is O=C(CSc1n[nH]c(-c2ccccc2F)n1)N(Cc1nnc(-c2ccccc2Cl)o1)C1CC1. The molecule has 4 aromatic rings. The Labute approximate surface area is 197 Å². The lowest BCUT2D eigenvalue weighted by molar-refractivity contribution is -0.129. The average molecular weight is 485 g/mol. The molecule has 1 saturated carbocycles. The molecule has 0 unspecified atom stereocenters. The van der Waals surface area contributed by atoms with Crippen LogP contribution in [-0.2, 0) is 11.3 Å². The van der Waals surface area contributed by atoms with Crippen LogP contribution in [0.15, 0.2) is 58.1 Å². The number of carbonyl (C=O) groups excluding carboxylic acids is 1. The number of nitrogens with one attached hydrogen (secondary N) is 1. The first-order chi connectivity index (χ1) is 16.1. The van der Waals surface area contributed by atoms with E-state index in [-0.39, 0.29) is 24.2 Å². The first-order valence-electron chi connectivity index (χ1n) is 10.3. The maximum Gasteiger partial charge on any atom is 0.249 e. The van der Waals surface area contributed by atoms with Gasteiger partial charge in [-0.3, -0.25) is 9.89 Å². The quantitative estimate of drug-likeness (QED) is 0.365. The molecule has 33 heavy (non-hydrogen) atoms. The highest BCUT2D eigenvalue weighted by atomic mass is 35.5. The van der Waals surface area contributed by atoms with Gasteiger partial charge in [-0.05, 0) is 37.1 Å². The predicted octanol–water partition coefficient (Wildman–Crippen LogP) is 4.60. The molecule has 0 bridgehead atoms. The van der Waals surface area contributed by atoms with Crippen LogP contribution in [0.4, 0.5) is 4.39 Å². The fourth-order valence-corrected chi connectivity index (χ4v) is 4.21. The number of hydrogen-bond acceptors (Lipinski definition) is 7. The van der Waals surface area contributed by atoms with Crippen LogP contribution in [0.1, 0.15) is 18.7 Å². The Morgan fingerprint density at radius 3 is 2.67 bits per heavy atom. The highest BCUT2D eigenvalue weighted by Gasteiger charge is 2.34. The predicted molar refractivity (Wildman–Crippen MR) is 121 cm³/mol. The number of halogens is 2. The number of carbonyl (C=O) groups is 1. The monoisotopic (exact) mass is 484 g/mol. The number of amides is 1. The van der Waals surface area contributed by atoms with Crippen LogP contribution in [0.25, 0.3) is 22.8 Å². The van der Waals surface area contributed by atoms with Crippen molar-refractivity contribution in [1.29, 1.82) is 0 Å². The van der Waals surface area contributed by atoms with Crippen molar-refractivity contribution in [3.8, 4) is 22.8 Å². The van der Waals surface area contributed by atoms with Gasteiger partial charge in [0.2, 0.25) is 22.8 Å². The van der Waals surface area contributed by atoms with E-state index in [0.29, 0.717) is 38.9 Å². The Morgan fingerprint density at radius 2 is 1.91 bits per heavy atom. The van der Waals surface area contributed by atoms with Gasteiger partial charge < -0.3 is 9.32 Å². The molecule has 1 fully saturated rings. The van der Waals surface area contributed by atoms with Crippen molar-refractivity contribution in [2.24, 2.45) is 0 Å².